The van der Waals surface area contributed by atoms with E-state index in [9.17, 15) is 23.1 Å². The normalized spacial score (nSPS) is 14.0. The smallest absolute Gasteiger partial charge is 0.366 e. The molecule has 2 aromatic heterocycles. The lowest BCUT2D eigenvalue weighted by atomic mass is 10.1. The number of amides is 1. The SMILES string of the molecule is CC(NC(=O)C(O)Nc1c[nH]c2cccnc12)c1ccc(C(F)(F)F)cc1. The van der Waals surface area contributed by atoms with Gasteiger partial charge < -0.3 is 20.7 Å². The number of hydrogen-bond acceptors (Lipinski definition) is 4. The van der Waals surface area contributed by atoms with E-state index in [-0.39, 0.29) is 0 Å². The summed E-state index contributed by atoms with van der Waals surface area (Å²) >= 11 is 0. The van der Waals surface area contributed by atoms with Crippen molar-refractivity contribution < 1.29 is 23.1 Å². The van der Waals surface area contributed by atoms with Crippen molar-refractivity contribution in [2.45, 2.75) is 25.4 Å². The Kier molecular flexibility index (Phi) is 5.04. The standard InChI is InChI=1S/C18H17F3N4O2/c1-10(11-4-6-12(7-5-11)18(19,20)21)24-16(26)17(27)25-14-9-23-13-3-2-8-22-15(13)14/h2-10,17,23,25,27H,1H3,(H,24,26). The molecule has 0 radical (unpaired) electrons. The molecule has 0 aliphatic heterocycles. The molecule has 3 rings (SSSR count). The molecule has 0 fully saturated rings. The molecule has 9 heteroatoms. The van der Waals surface area contributed by atoms with Crippen LogP contribution in [-0.4, -0.2) is 27.2 Å². The van der Waals surface area contributed by atoms with Gasteiger partial charge in [0.05, 0.1) is 22.8 Å². The second-order valence-corrected chi connectivity index (χ2v) is 6.00. The third kappa shape index (κ3) is 4.20. The monoisotopic (exact) mass is 378 g/mol. The van der Waals surface area contributed by atoms with Gasteiger partial charge in [-0.05, 0) is 36.8 Å². The number of fused-ring (bicyclic) bond motifs is 1. The molecule has 2 heterocycles. The van der Waals surface area contributed by atoms with E-state index in [4.69, 9.17) is 0 Å². The van der Waals surface area contributed by atoms with Gasteiger partial charge in [0, 0.05) is 12.4 Å². The number of rotatable bonds is 5. The first kappa shape index (κ1) is 18.7. The number of aromatic nitrogens is 2. The predicted octanol–water partition coefficient (Wildman–Crippen LogP) is 3.19. The van der Waals surface area contributed by atoms with E-state index < -0.39 is 29.9 Å². The zero-order chi connectivity index (χ0) is 19.6. The van der Waals surface area contributed by atoms with Gasteiger partial charge in [0.2, 0.25) is 6.23 Å². The summed E-state index contributed by atoms with van der Waals surface area (Å²) in [7, 11) is 0. The number of hydrogen-bond donors (Lipinski definition) is 4. The van der Waals surface area contributed by atoms with Crippen LogP contribution < -0.4 is 10.6 Å². The van der Waals surface area contributed by atoms with Crippen LogP contribution in [0.5, 0.6) is 0 Å². The average molecular weight is 378 g/mol. The second kappa shape index (κ2) is 7.28. The van der Waals surface area contributed by atoms with Crippen LogP contribution in [-0.2, 0) is 11.0 Å². The van der Waals surface area contributed by atoms with Crippen molar-refractivity contribution in [3.8, 4) is 0 Å². The fourth-order valence-electron chi connectivity index (χ4n) is 2.61. The minimum Gasteiger partial charge on any atom is -0.366 e. The van der Waals surface area contributed by atoms with Crippen LogP contribution in [0.4, 0.5) is 18.9 Å². The molecular weight excluding hydrogens is 361 g/mol. The van der Waals surface area contributed by atoms with Gasteiger partial charge in [-0.3, -0.25) is 9.78 Å². The van der Waals surface area contributed by atoms with E-state index in [2.05, 4.69) is 20.6 Å². The largest absolute Gasteiger partial charge is 0.416 e. The number of H-pyrrole nitrogens is 1. The van der Waals surface area contributed by atoms with Crippen molar-refractivity contribution in [1.82, 2.24) is 15.3 Å². The Bertz CT molecular complexity index is 938. The second-order valence-electron chi connectivity index (χ2n) is 6.00. The third-order valence-corrected chi connectivity index (χ3v) is 4.07. The van der Waals surface area contributed by atoms with Crippen LogP contribution in [0, 0.1) is 0 Å². The number of pyridine rings is 1. The predicted molar refractivity (Wildman–Crippen MR) is 93.7 cm³/mol. The van der Waals surface area contributed by atoms with Crippen molar-refractivity contribution >= 4 is 22.6 Å². The maximum absolute atomic E-state index is 12.6. The first-order valence-corrected chi connectivity index (χ1v) is 8.10. The lowest BCUT2D eigenvalue weighted by Crippen LogP contribution is -2.40. The van der Waals surface area contributed by atoms with E-state index in [1.807, 2.05) is 0 Å². The number of halogens is 3. The fourth-order valence-corrected chi connectivity index (χ4v) is 2.61. The number of aliphatic hydroxyl groups excluding tert-OH is 1. The lowest BCUT2D eigenvalue weighted by Gasteiger charge is -2.19. The summed E-state index contributed by atoms with van der Waals surface area (Å²) in [6.45, 7) is 1.61. The number of anilines is 1. The Morgan fingerprint density at radius 2 is 1.93 bits per heavy atom. The number of nitrogens with one attached hydrogen (secondary N) is 3. The van der Waals surface area contributed by atoms with Gasteiger partial charge in [0.15, 0.2) is 0 Å². The minimum absolute atomic E-state index is 0.454. The molecule has 27 heavy (non-hydrogen) atoms. The highest BCUT2D eigenvalue weighted by Crippen LogP contribution is 2.30. The quantitative estimate of drug-likeness (QED) is 0.514. The van der Waals surface area contributed by atoms with Crippen molar-refractivity contribution in [2.75, 3.05) is 5.32 Å². The van der Waals surface area contributed by atoms with E-state index in [0.29, 0.717) is 16.8 Å². The van der Waals surface area contributed by atoms with Crippen LogP contribution in [0.15, 0.2) is 48.8 Å². The van der Waals surface area contributed by atoms with E-state index >= 15 is 0 Å². The summed E-state index contributed by atoms with van der Waals surface area (Å²) in [5, 5.41) is 15.3. The maximum atomic E-state index is 12.6. The molecule has 0 spiro atoms. The Balaban J connectivity index is 1.63. The summed E-state index contributed by atoms with van der Waals surface area (Å²) in [6.07, 6.45) is -2.81. The Labute approximate surface area is 152 Å². The Hall–Kier alpha value is -3.07. The van der Waals surface area contributed by atoms with Crippen molar-refractivity contribution in [3.63, 3.8) is 0 Å². The van der Waals surface area contributed by atoms with Crippen molar-refractivity contribution in [2.24, 2.45) is 0 Å². The van der Waals surface area contributed by atoms with Crippen molar-refractivity contribution in [1.29, 1.82) is 0 Å². The molecule has 0 bridgehead atoms. The highest BCUT2D eigenvalue weighted by molar-refractivity contribution is 5.91. The first-order valence-electron chi connectivity index (χ1n) is 8.10. The molecule has 1 aromatic carbocycles. The van der Waals surface area contributed by atoms with Gasteiger partial charge in [0.1, 0.15) is 5.52 Å². The molecule has 2 unspecified atom stereocenters. The average Bonchev–Trinajstić information content (AvgIpc) is 3.04. The molecule has 1 amide bonds. The van der Waals surface area contributed by atoms with Gasteiger partial charge in [-0.15, -0.1) is 0 Å². The Morgan fingerprint density at radius 1 is 1.22 bits per heavy atom. The summed E-state index contributed by atoms with van der Waals surface area (Å²) in [5.74, 6) is -0.715. The third-order valence-electron chi connectivity index (χ3n) is 4.07. The molecule has 0 aliphatic rings. The molecule has 6 nitrogen and oxygen atoms in total. The van der Waals surface area contributed by atoms with Crippen LogP contribution in [0.25, 0.3) is 11.0 Å². The molecule has 2 atom stereocenters. The van der Waals surface area contributed by atoms with Gasteiger partial charge >= 0.3 is 6.18 Å². The van der Waals surface area contributed by atoms with Crippen LogP contribution in [0.3, 0.4) is 0 Å². The molecule has 0 aliphatic carbocycles. The first-order chi connectivity index (χ1) is 12.8. The molecule has 0 saturated heterocycles. The summed E-state index contributed by atoms with van der Waals surface area (Å²) in [6, 6.07) is 7.44. The summed E-state index contributed by atoms with van der Waals surface area (Å²) in [4.78, 5) is 19.3. The number of aliphatic hydroxyl groups is 1. The molecular formula is C18H17F3N4O2. The number of benzene rings is 1. The highest BCUT2D eigenvalue weighted by atomic mass is 19.4. The van der Waals surface area contributed by atoms with E-state index in [0.717, 1.165) is 17.6 Å². The van der Waals surface area contributed by atoms with Gasteiger partial charge in [-0.25, -0.2) is 0 Å². The topological polar surface area (TPSA) is 90.0 Å². The van der Waals surface area contributed by atoms with Crippen LogP contribution in [0.2, 0.25) is 0 Å². The fraction of sp³-hybridized carbons (Fsp3) is 0.222. The molecule has 4 N–H and O–H groups in total. The summed E-state index contributed by atoms with van der Waals surface area (Å²) < 4.78 is 37.8. The van der Waals surface area contributed by atoms with Gasteiger partial charge in [-0.1, -0.05) is 12.1 Å². The van der Waals surface area contributed by atoms with E-state index in [1.165, 1.54) is 12.1 Å². The molecule has 3 aromatic rings. The van der Waals surface area contributed by atoms with Gasteiger partial charge in [-0.2, -0.15) is 13.2 Å². The minimum atomic E-state index is -4.42. The zero-order valence-corrected chi connectivity index (χ0v) is 14.2. The number of carbonyl (C=O) groups excluding carboxylic acids is 1. The highest BCUT2D eigenvalue weighted by Gasteiger charge is 2.30. The zero-order valence-electron chi connectivity index (χ0n) is 14.2. The maximum Gasteiger partial charge on any atom is 0.416 e. The van der Waals surface area contributed by atoms with E-state index in [1.54, 1.807) is 31.5 Å². The summed E-state index contributed by atoms with van der Waals surface area (Å²) in [5.41, 5.74) is 1.48. The number of aromatic amines is 1. The molecule has 142 valence electrons. The van der Waals surface area contributed by atoms with Crippen molar-refractivity contribution in [3.05, 3.63) is 59.9 Å². The van der Waals surface area contributed by atoms with Crippen LogP contribution >= 0.6 is 0 Å². The van der Waals surface area contributed by atoms with Crippen LogP contribution in [0.1, 0.15) is 24.1 Å². The van der Waals surface area contributed by atoms with Gasteiger partial charge in [0.25, 0.3) is 5.91 Å². The number of nitrogens with zero attached hydrogens (tertiary/aromatic N) is 1. The number of carbonyl (C=O) groups is 1. The number of alkyl halides is 3. The lowest BCUT2D eigenvalue weighted by molar-refractivity contribution is -0.137. The molecule has 0 saturated carbocycles. The Morgan fingerprint density at radius 3 is 2.59 bits per heavy atom.